The minimum absolute atomic E-state index is 0.331. The van der Waals surface area contributed by atoms with Crippen molar-refractivity contribution < 1.29 is 9.90 Å². The Balaban J connectivity index is 1.79. The highest BCUT2D eigenvalue weighted by molar-refractivity contribution is 5.67. The zero-order valence-electron chi connectivity index (χ0n) is 10.3. The number of aryl methyl sites for hydroxylation is 1. The summed E-state index contributed by atoms with van der Waals surface area (Å²) < 4.78 is 2.14. The number of aromatic nitrogens is 1. The molecule has 1 aliphatic heterocycles. The molecule has 0 bridgehead atoms. The maximum atomic E-state index is 10.6. The standard InChI is InChI=1S/C13H20N2O2/c1-14-6-2-3-12(14)10-15-7-4-11(5-8-15)9-13(16)17/h2-3,6,11H,4-5,7-10H2,1H3,(H,16,17). The van der Waals surface area contributed by atoms with E-state index in [1.54, 1.807) is 0 Å². The topological polar surface area (TPSA) is 45.5 Å². The van der Waals surface area contributed by atoms with Crippen molar-refractivity contribution in [2.75, 3.05) is 13.1 Å². The first kappa shape index (κ1) is 12.2. The van der Waals surface area contributed by atoms with E-state index in [1.165, 1.54) is 5.69 Å². The summed E-state index contributed by atoms with van der Waals surface area (Å²) in [5.41, 5.74) is 1.32. The molecule has 0 atom stereocenters. The molecule has 94 valence electrons. The molecule has 17 heavy (non-hydrogen) atoms. The molecular formula is C13H20N2O2. The van der Waals surface area contributed by atoms with Gasteiger partial charge in [-0.25, -0.2) is 0 Å². The summed E-state index contributed by atoms with van der Waals surface area (Å²) in [5, 5.41) is 8.76. The van der Waals surface area contributed by atoms with Crippen molar-refractivity contribution in [1.82, 2.24) is 9.47 Å². The van der Waals surface area contributed by atoms with Crippen molar-refractivity contribution in [1.29, 1.82) is 0 Å². The molecule has 0 saturated carbocycles. The fourth-order valence-corrected chi connectivity index (χ4v) is 2.49. The Morgan fingerprint density at radius 1 is 1.47 bits per heavy atom. The Bertz CT molecular complexity index is 379. The van der Waals surface area contributed by atoms with Crippen molar-refractivity contribution in [2.24, 2.45) is 13.0 Å². The number of likely N-dealkylation sites (tertiary alicyclic amines) is 1. The van der Waals surface area contributed by atoms with E-state index < -0.39 is 5.97 Å². The molecule has 0 aromatic carbocycles. The number of hydrogen-bond donors (Lipinski definition) is 1. The van der Waals surface area contributed by atoms with Gasteiger partial charge in [0.2, 0.25) is 0 Å². The third-order valence-corrected chi connectivity index (χ3v) is 3.61. The average Bonchev–Trinajstić information content (AvgIpc) is 2.67. The summed E-state index contributed by atoms with van der Waals surface area (Å²) in [7, 11) is 2.06. The van der Waals surface area contributed by atoms with Crippen LogP contribution in [0.25, 0.3) is 0 Å². The Hall–Kier alpha value is -1.29. The highest BCUT2D eigenvalue weighted by Crippen LogP contribution is 2.21. The molecular weight excluding hydrogens is 216 g/mol. The second kappa shape index (κ2) is 5.36. The normalized spacial score (nSPS) is 18.4. The van der Waals surface area contributed by atoms with Crippen LogP contribution in [0.15, 0.2) is 18.3 Å². The lowest BCUT2D eigenvalue weighted by Gasteiger charge is -2.31. The molecule has 0 amide bonds. The van der Waals surface area contributed by atoms with Gasteiger partial charge < -0.3 is 9.67 Å². The van der Waals surface area contributed by atoms with E-state index in [0.29, 0.717) is 12.3 Å². The van der Waals surface area contributed by atoms with Gasteiger partial charge in [0.25, 0.3) is 0 Å². The molecule has 0 spiro atoms. The maximum Gasteiger partial charge on any atom is 0.303 e. The van der Waals surface area contributed by atoms with Crippen LogP contribution in [-0.4, -0.2) is 33.6 Å². The first-order valence-electron chi connectivity index (χ1n) is 6.19. The zero-order chi connectivity index (χ0) is 12.3. The SMILES string of the molecule is Cn1cccc1CN1CCC(CC(=O)O)CC1. The second-order valence-electron chi connectivity index (χ2n) is 4.93. The number of carboxylic acids is 1. The molecule has 1 aliphatic rings. The molecule has 0 aliphatic carbocycles. The number of piperidine rings is 1. The van der Waals surface area contributed by atoms with Crippen molar-refractivity contribution in [2.45, 2.75) is 25.8 Å². The van der Waals surface area contributed by atoms with E-state index in [4.69, 9.17) is 5.11 Å². The largest absolute Gasteiger partial charge is 0.481 e. The van der Waals surface area contributed by atoms with Gasteiger partial charge in [-0.3, -0.25) is 9.69 Å². The summed E-state index contributed by atoms with van der Waals surface area (Å²) in [4.78, 5) is 13.0. The van der Waals surface area contributed by atoms with Gasteiger partial charge in [-0.1, -0.05) is 0 Å². The van der Waals surface area contributed by atoms with Crippen molar-refractivity contribution >= 4 is 5.97 Å². The maximum absolute atomic E-state index is 10.6. The van der Waals surface area contributed by atoms with Gasteiger partial charge in [0.05, 0.1) is 0 Å². The molecule has 1 aromatic heterocycles. The van der Waals surface area contributed by atoms with Gasteiger partial charge >= 0.3 is 5.97 Å². The Kier molecular flexibility index (Phi) is 3.84. The van der Waals surface area contributed by atoms with E-state index in [-0.39, 0.29) is 0 Å². The minimum Gasteiger partial charge on any atom is -0.481 e. The predicted octanol–water partition coefficient (Wildman–Crippen LogP) is 1.71. The summed E-state index contributed by atoms with van der Waals surface area (Å²) in [6.45, 7) is 3.01. The third kappa shape index (κ3) is 3.33. The van der Waals surface area contributed by atoms with Gasteiger partial charge in [0.1, 0.15) is 0 Å². The van der Waals surface area contributed by atoms with Crippen LogP contribution in [0.1, 0.15) is 25.0 Å². The predicted molar refractivity (Wildman–Crippen MR) is 65.7 cm³/mol. The molecule has 0 unspecified atom stereocenters. The zero-order valence-corrected chi connectivity index (χ0v) is 10.3. The molecule has 2 heterocycles. The molecule has 1 saturated heterocycles. The third-order valence-electron chi connectivity index (χ3n) is 3.61. The van der Waals surface area contributed by atoms with Gasteiger partial charge in [-0.2, -0.15) is 0 Å². The smallest absolute Gasteiger partial charge is 0.303 e. The number of hydrogen-bond acceptors (Lipinski definition) is 2. The van der Waals surface area contributed by atoms with Gasteiger partial charge in [-0.15, -0.1) is 0 Å². The van der Waals surface area contributed by atoms with Crippen LogP contribution in [0.4, 0.5) is 0 Å². The first-order valence-corrected chi connectivity index (χ1v) is 6.19. The van der Waals surface area contributed by atoms with Crippen molar-refractivity contribution in [3.63, 3.8) is 0 Å². The fraction of sp³-hybridized carbons (Fsp3) is 0.615. The lowest BCUT2D eigenvalue weighted by atomic mass is 9.93. The summed E-state index contributed by atoms with van der Waals surface area (Å²) in [5.74, 6) is -0.289. The van der Waals surface area contributed by atoms with Crippen LogP contribution < -0.4 is 0 Å². The molecule has 4 nitrogen and oxygen atoms in total. The number of carboxylic acid groups (broad SMARTS) is 1. The van der Waals surface area contributed by atoms with E-state index in [2.05, 4.69) is 34.8 Å². The Morgan fingerprint density at radius 2 is 2.18 bits per heavy atom. The lowest BCUT2D eigenvalue weighted by molar-refractivity contribution is -0.138. The number of nitrogens with zero attached hydrogens (tertiary/aromatic N) is 2. The van der Waals surface area contributed by atoms with Crippen LogP contribution in [0, 0.1) is 5.92 Å². The fourth-order valence-electron chi connectivity index (χ4n) is 2.49. The molecule has 1 aromatic rings. The summed E-state index contributed by atoms with van der Waals surface area (Å²) in [6.07, 6.45) is 4.41. The average molecular weight is 236 g/mol. The van der Waals surface area contributed by atoms with E-state index in [0.717, 1.165) is 32.5 Å². The highest BCUT2D eigenvalue weighted by atomic mass is 16.4. The minimum atomic E-state index is -0.661. The molecule has 2 rings (SSSR count). The number of aliphatic carboxylic acids is 1. The van der Waals surface area contributed by atoms with Gasteiger partial charge in [-0.05, 0) is 44.0 Å². The second-order valence-corrected chi connectivity index (χ2v) is 4.93. The van der Waals surface area contributed by atoms with E-state index in [1.807, 2.05) is 0 Å². The quantitative estimate of drug-likeness (QED) is 0.865. The van der Waals surface area contributed by atoms with Crippen molar-refractivity contribution in [3.05, 3.63) is 24.0 Å². The van der Waals surface area contributed by atoms with Crippen LogP contribution in [0.3, 0.4) is 0 Å². The highest BCUT2D eigenvalue weighted by Gasteiger charge is 2.21. The van der Waals surface area contributed by atoms with Gasteiger partial charge in [0, 0.05) is 31.9 Å². The Labute approximate surface area is 102 Å². The molecule has 4 heteroatoms. The molecule has 1 fully saturated rings. The van der Waals surface area contributed by atoms with Crippen LogP contribution in [0.5, 0.6) is 0 Å². The molecule has 0 radical (unpaired) electrons. The van der Waals surface area contributed by atoms with Crippen LogP contribution in [0.2, 0.25) is 0 Å². The van der Waals surface area contributed by atoms with E-state index in [9.17, 15) is 4.79 Å². The van der Waals surface area contributed by atoms with Crippen molar-refractivity contribution in [3.8, 4) is 0 Å². The first-order chi connectivity index (χ1) is 8.15. The molecule has 1 N–H and O–H groups in total. The Morgan fingerprint density at radius 3 is 2.71 bits per heavy atom. The summed E-state index contributed by atoms with van der Waals surface area (Å²) in [6, 6.07) is 4.20. The monoisotopic (exact) mass is 236 g/mol. The lowest BCUT2D eigenvalue weighted by Crippen LogP contribution is -2.34. The van der Waals surface area contributed by atoms with Crippen LogP contribution >= 0.6 is 0 Å². The van der Waals surface area contributed by atoms with E-state index >= 15 is 0 Å². The summed E-state index contributed by atoms with van der Waals surface area (Å²) >= 11 is 0. The van der Waals surface area contributed by atoms with Gasteiger partial charge in [0.15, 0.2) is 0 Å². The number of rotatable bonds is 4. The number of carbonyl (C=O) groups is 1. The van der Waals surface area contributed by atoms with Crippen LogP contribution in [-0.2, 0) is 18.4 Å².